The highest BCUT2D eigenvalue weighted by atomic mass is 16.6. The van der Waals surface area contributed by atoms with Gasteiger partial charge in [0, 0.05) is 6.54 Å². The molecule has 0 saturated heterocycles. The van der Waals surface area contributed by atoms with E-state index in [-0.39, 0.29) is 12.5 Å². The lowest BCUT2D eigenvalue weighted by atomic mass is 10.1. The number of carbonyl (C=O) groups is 2. The lowest BCUT2D eigenvalue weighted by Gasteiger charge is -2.14. The lowest BCUT2D eigenvalue weighted by Crippen LogP contribution is -2.36. The highest BCUT2D eigenvalue weighted by Gasteiger charge is 2.18. The summed E-state index contributed by atoms with van der Waals surface area (Å²) in [7, 11) is 1.60. The normalized spacial score (nSPS) is 13.4. The largest absolute Gasteiger partial charge is 0.497 e. The molecule has 0 fully saturated rings. The molecule has 0 heterocycles. The molecule has 2 aromatic rings. The van der Waals surface area contributed by atoms with Crippen LogP contribution in [0.4, 0.5) is 0 Å². The summed E-state index contributed by atoms with van der Waals surface area (Å²) in [5, 5.41) is 2.75. The van der Waals surface area contributed by atoms with Crippen LogP contribution >= 0.6 is 0 Å². The van der Waals surface area contributed by atoms with Gasteiger partial charge in [0.25, 0.3) is 5.91 Å². The molecule has 148 valence electrons. The van der Waals surface area contributed by atoms with E-state index in [2.05, 4.69) is 5.32 Å². The van der Waals surface area contributed by atoms with Crippen LogP contribution in [0.25, 0.3) is 0 Å². The summed E-state index contributed by atoms with van der Waals surface area (Å²) < 4.78 is 15.8. The standard InChI is InChI=1S/C22H25NO5/c1-15(22(25)23-13-16-6-9-19(26-2)10-7-16)28-21(24)14-27-20-11-8-17-4-3-5-18(17)12-20/h6-12,15H,3-5,13-14H2,1-2H3,(H,23,25)/t15-/m0/s1. The average molecular weight is 383 g/mol. The molecule has 0 aromatic heterocycles. The van der Waals surface area contributed by atoms with Gasteiger partial charge in [-0.1, -0.05) is 18.2 Å². The van der Waals surface area contributed by atoms with E-state index in [0.29, 0.717) is 12.3 Å². The number of benzene rings is 2. The predicted octanol–water partition coefficient (Wildman–Crippen LogP) is 2.81. The van der Waals surface area contributed by atoms with Crippen molar-refractivity contribution < 1.29 is 23.8 Å². The summed E-state index contributed by atoms with van der Waals surface area (Å²) in [4.78, 5) is 24.1. The first-order chi connectivity index (χ1) is 13.5. The van der Waals surface area contributed by atoms with Crippen molar-refractivity contribution in [2.45, 2.75) is 38.8 Å². The lowest BCUT2D eigenvalue weighted by molar-refractivity contribution is -0.156. The van der Waals surface area contributed by atoms with Crippen molar-refractivity contribution in [3.05, 3.63) is 59.2 Å². The first kappa shape index (κ1) is 19.7. The number of carbonyl (C=O) groups excluding carboxylic acids is 2. The van der Waals surface area contributed by atoms with Gasteiger partial charge >= 0.3 is 5.97 Å². The van der Waals surface area contributed by atoms with Crippen LogP contribution in [-0.4, -0.2) is 31.7 Å². The molecule has 0 unspecified atom stereocenters. The summed E-state index contributed by atoms with van der Waals surface area (Å²) in [6.07, 6.45) is 2.40. The van der Waals surface area contributed by atoms with Gasteiger partial charge in [0.15, 0.2) is 12.7 Å². The van der Waals surface area contributed by atoms with Gasteiger partial charge in [-0.05, 0) is 67.1 Å². The van der Waals surface area contributed by atoms with E-state index in [9.17, 15) is 9.59 Å². The second kappa shape index (κ2) is 9.26. The van der Waals surface area contributed by atoms with Crippen molar-refractivity contribution in [2.75, 3.05) is 13.7 Å². The van der Waals surface area contributed by atoms with Gasteiger partial charge in [0.05, 0.1) is 7.11 Å². The van der Waals surface area contributed by atoms with Gasteiger partial charge < -0.3 is 19.5 Å². The number of methoxy groups -OCH3 is 1. The van der Waals surface area contributed by atoms with E-state index >= 15 is 0 Å². The van der Waals surface area contributed by atoms with Crippen molar-refractivity contribution in [1.82, 2.24) is 5.32 Å². The SMILES string of the molecule is COc1ccc(CNC(=O)[C@H](C)OC(=O)COc2ccc3c(c2)CCC3)cc1. The zero-order valence-corrected chi connectivity index (χ0v) is 16.2. The third-order valence-electron chi connectivity index (χ3n) is 4.73. The van der Waals surface area contributed by atoms with Crippen LogP contribution in [0.3, 0.4) is 0 Å². The number of nitrogens with one attached hydrogen (secondary N) is 1. The van der Waals surface area contributed by atoms with E-state index < -0.39 is 12.1 Å². The maximum Gasteiger partial charge on any atom is 0.344 e. The molecule has 0 radical (unpaired) electrons. The number of amides is 1. The Bertz CT molecular complexity index is 831. The number of rotatable bonds is 8. The first-order valence-electron chi connectivity index (χ1n) is 9.40. The van der Waals surface area contributed by atoms with Gasteiger partial charge in [-0.3, -0.25) is 4.79 Å². The zero-order chi connectivity index (χ0) is 19.9. The Kier molecular flexibility index (Phi) is 6.53. The quantitative estimate of drug-likeness (QED) is 0.710. The fourth-order valence-electron chi connectivity index (χ4n) is 3.14. The highest BCUT2D eigenvalue weighted by Crippen LogP contribution is 2.26. The highest BCUT2D eigenvalue weighted by molar-refractivity contribution is 5.83. The van der Waals surface area contributed by atoms with Crippen LogP contribution < -0.4 is 14.8 Å². The van der Waals surface area contributed by atoms with Gasteiger partial charge in [0.2, 0.25) is 0 Å². The molecule has 1 aliphatic rings. The molecular weight excluding hydrogens is 358 g/mol. The van der Waals surface area contributed by atoms with Crippen LogP contribution in [0.5, 0.6) is 11.5 Å². The topological polar surface area (TPSA) is 73.9 Å². The summed E-state index contributed by atoms with van der Waals surface area (Å²) >= 11 is 0. The minimum atomic E-state index is -0.894. The maximum absolute atomic E-state index is 12.1. The maximum atomic E-state index is 12.1. The molecule has 3 rings (SSSR count). The second-order valence-corrected chi connectivity index (χ2v) is 6.77. The number of ether oxygens (including phenoxy) is 3. The Morgan fingerprint density at radius 1 is 1.04 bits per heavy atom. The Labute approximate surface area is 164 Å². The predicted molar refractivity (Wildman–Crippen MR) is 104 cm³/mol. The molecule has 0 aliphatic heterocycles. The minimum absolute atomic E-state index is 0.227. The van der Waals surface area contributed by atoms with Crippen molar-refractivity contribution in [3.63, 3.8) is 0 Å². The molecule has 0 spiro atoms. The Hall–Kier alpha value is -3.02. The molecule has 6 heteroatoms. The second-order valence-electron chi connectivity index (χ2n) is 6.77. The average Bonchev–Trinajstić information content (AvgIpc) is 3.18. The molecule has 2 aromatic carbocycles. The molecule has 1 aliphatic carbocycles. The van der Waals surface area contributed by atoms with Crippen molar-refractivity contribution in [3.8, 4) is 11.5 Å². The molecule has 1 amide bonds. The Balaban J connectivity index is 1.40. The number of hydrogen-bond donors (Lipinski definition) is 1. The fourth-order valence-corrected chi connectivity index (χ4v) is 3.14. The molecule has 0 bridgehead atoms. The molecule has 28 heavy (non-hydrogen) atoms. The number of fused-ring (bicyclic) bond motifs is 1. The molecule has 1 atom stereocenters. The van der Waals surface area contributed by atoms with Crippen molar-refractivity contribution in [1.29, 1.82) is 0 Å². The van der Waals surface area contributed by atoms with E-state index in [1.165, 1.54) is 18.1 Å². The molecule has 0 saturated carbocycles. The van der Waals surface area contributed by atoms with Gasteiger partial charge in [-0.2, -0.15) is 0 Å². The van der Waals surface area contributed by atoms with Gasteiger partial charge in [-0.25, -0.2) is 4.79 Å². The number of esters is 1. The van der Waals surface area contributed by atoms with Crippen LogP contribution in [0.15, 0.2) is 42.5 Å². The molecular formula is C22H25NO5. The third kappa shape index (κ3) is 5.25. The van der Waals surface area contributed by atoms with Crippen LogP contribution in [0.2, 0.25) is 0 Å². The smallest absolute Gasteiger partial charge is 0.344 e. The summed E-state index contributed by atoms with van der Waals surface area (Å²) in [6, 6.07) is 13.2. The first-order valence-corrected chi connectivity index (χ1v) is 9.40. The summed E-state index contributed by atoms with van der Waals surface area (Å²) in [5.74, 6) is 0.462. The van der Waals surface area contributed by atoms with Gasteiger partial charge in [-0.15, -0.1) is 0 Å². The van der Waals surface area contributed by atoms with Crippen LogP contribution in [-0.2, 0) is 33.7 Å². The summed E-state index contributed by atoms with van der Waals surface area (Å²) in [5.41, 5.74) is 3.54. The van der Waals surface area contributed by atoms with Crippen molar-refractivity contribution in [2.24, 2.45) is 0 Å². The molecule has 6 nitrogen and oxygen atoms in total. The minimum Gasteiger partial charge on any atom is -0.497 e. The third-order valence-corrected chi connectivity index (χ3v) is 4.73. The molecule has 1 N–H and O–H groups in total. The van der Waals surface area contributed by atoms with Crippen LogP contribution in [0.1, 0.15) is 30.0 Å². The fraction of sp³-hybridized carbons (Fsp3) is 0.364. The zero-order valence-electron chi connectivity index (χ0n) is 16.2. The van der Waals surface area contributed by atoms with E-state index in [0.717, 1.165) is 30.6 Å². The number of aryl methyl sites for hydroxylation is 2. The van der Waals surface area contributed by atoms with Crippen LogP contribution in [0, 0.1) is 0 Å². The summed E-state index contributed by atoms with van der Waals surface area (Å²) in [6.45, 7) is 1.65. The Morgan fingerprint density at radius 3 is 2.50 bits per heavy atom. The Morgan fingerprint density at radius 2 is 1.75 bits per heavy atom. The van der Waals surface area contributed by atoms with E-state index in [1.807, 2.05) is 42.5 Å². The number of hydrogen-bond acceptors (Lipinski definition) is 5. The van der Waals surface area contributed by atoms with Crippen molar-refractivity contribution >= 4 is 11.9 Å². The van der Waals surface area contributed by atoms with Gasteiger partial charge in [0.1, 0.15) is 11.5 Å². The monoisotopic (exact) mass is 383 g/mol. The van der Waals surface area contributed by atoms with E-state index in [4.69, 9.17) is 14.2 Å². The van der Waals surface area contributed by atoms with E-state index in [1.54, 1.807) is 7.11 Å².